The zero-order chi connectivity index (χ0) is 23.4. The second kappa shape index (κ2) is 9.69. The molecule has 0 fully saturated rings. The molecule has 0 radical (unpaired) electrons. The highest BCUT2D eigenvalue weighted by Crippen LogP contribution is 2.21. The maximum atomic E-state index is 12.7. The molecule has 4 aromatic rings. The van der Waals surface area contributed by atoms with E-state index in [1.807, 2.05) is 36.4 Å². The molecule has 0 saturated carbocycles. The van der Waals surface area contributed by atoms with Gasteiger partial charge >= 0.3 is 5.97 Å². The number of hydrogen-bond donors (Lipinski definition) is 1. The van der Waals surface area contributed by atoms with Gasteiger partial charge in [0.15, 0.2) is 0 Å². The normalized spacial score (nSPS) is 11.0. The van der Waals surface area contributed by atoms with E-state index in [-0.39, 0.29) is 17.7 Å². The number of rotatable bonds is 8. The lowest BCUT2D eigenvalue weighted by molar-refractivity contribution is 0.0694. The van der Waals surface area contributed by atoms with Crippen LogP contribution in [-0.4, -0.2) is 20.6 Å². The number of carboxylic acids is 1. The maximum Gasteiger partial charge on any atom is 0.336 e. The Morgan fingerprint density at radius 3 is 2.45 bits per heavy atom. The second-order valence-electron chi connectivity index (χ2n) is 7.85. The Bertz CT molecular complexity index is 1360. The predicted octanol–water partition coefficient (Wildman–Crippen LogP) is 4.85. The number of pyridine rings is 2. The van der Waals surface area contributed by atoms with Crippen LogP contribution in [0.2, 0.25) is 0 Å². The Kier molecular flexibility index (Phi) is 6.54. The second-order valence-corrected chi connectivity index (χ2v) is 7.85. The lowest BCUT2D eigenvalue weighted by Gasteiger charge is -2.14. The molecule has 0 aliphatic carbocycles. The van der Waals surface area contributed by atoms with Crippen LogP contribution >= 0.6 is 0 Å². The van der Waals surface area contributed by atoms with Crippen molar-refractivity contribution in [1.29, 1.82) is 0 Å². The van der Waals surface area contributed by atoms with E-state index in [1.165, 1.54) is 0 Å². The van der Waals surface area contributed by atoms with E-state index in [2.05, 4.69) is 13.8 Å². The van der Waals surface area contributed by atoms with Gasteiger partial charge in [0.05, 0.1) is 17.6 Å². The number of aromatic nitrogens is 2. The molecule has 0 saturated heterocycles. The SMILES string of the molecule is CCc1cc2c(ccc(=O)n2Cc2ccc(OCc3ccccc3C(=O)O)cc2)c(CC)n1. The molecular formula is C27H26N2O4. The van der Waals surface area contributed by atoms with E-state index >= 15 is 0 Å². The summed E-state index contributed by atoms with van der Waals surface area (Å²) in [5.41, 5.74) is 4.64. The van der Waals surface area contributed by atoms with Gasteiger partial charge in [-0.1, -0.05) is 44.2 Å². The van der Waals surface area contributed by atoms with Crippen LogP contribution in [0.5, 0.6) is 5.75 Å². The van der Waals surface area contributed by atoms with Crippen molar-refractivity contribution in [2.75, 3.05) is 0 Å². The topological polar surface area (TPSA) is 81.4 Å². The molecule has 0 bridgehead atoms. The van der Waals surface area contributed by atoms with Gasteiger partial charge < -0.3 is 14.4 Å². The van der Waals surface area contributed by atoms with Crippen molar-refractivity contribution in [2.45, 2.75) is 39.8 Å². The molecule has 0 amide bonds. The van der Waals surface area contributed by atoms with Gasteiger partial charge in [-0.3, -0.25) is 9.78 Å². The van der Waals surface area contributed by atoms with E-state index in [0.29, 0.717) is 17.9 Å². The summed E-state index contributed by atoms with van der Waals surface area (Å²) in [4.78, 5) is 28.8. The van der Waals surface area contributed by atoms with Gasteiger partial charge in [0, 0.05) is 28.4 Å². The average Bonchev–Trinajstić information content (AvgIpc) is 2.84. The minimum absolute atomic E-state index is 0.0524. The number of aromatic carboxylic acids is 1. The number of aryl methyl sites for hydroxylation is 2. The van der Waals surface area contributed by atoms with Gasteiger partial charge in [0.25, 0.3) is 5.56 Å². The summed E-state index contributed by atoms with van der Waals surface area (Å²) in [6.07, 6.45) is 1.61. The first kappa shape index (κ1) is 22.3. The number of hydrogen-bond acceptors (Lipinski definition) is 4. The van der Waals surface area contributed by atoms with Crippen molar-refractivity contribution in [1.82, 2.24) is 9.55 Å². The van der Waals surface area contributed by atoms with Crippen LogP contribution in [0.3, 0.4) is 0 Å². The summed E-state index contributed by atoms with van der Waals surface area (Å²) in [5, 5.41) is 10.3. The number of fused-ring (bicyclic) bond motifs is 1. The summed E-state index contributed by atoms with van der Waals surface area (Å²) in [5.74, 6) is -0.340. The number of carbonyl (C=O) groups is 1. The third-order valence-corrected chi connectivity index (χ3v) is 5.72. The molecular weight excluding hydrogens is 416 g/mol. The molecule has 6 nitrogen and oxygen atoms in total. The molecule has 6 heteroatoms. The Hall–Kier alpha value is -3.93. The Balaban J connectivity index is 1.57. The molecule has 1 N–H and O–H groups in total. The van der Waals surface area contributed by atoms with E-state index in [4.69, 9.17) is 9.72 Å². The standard InChI is InChI=1S/C27H26N2O4/c1-3-20-15-25-23(24(4-2)28-20)13-14-26(30)29(25)16-18-9-11-21(12-10-18)33-17-19-7-5-6-8-22(19)27(31)32/h5-15H,3-4,16-17H2,1-2H3,(H,31,32). The minimum Gasteiger partial charge on any atom is -0.489 e. The third-order valence-electron chi connectivity index (χ3n) is 5.72. The maximum absolute atomic E-state index is 12.7. The summed E-state index contributed by atoms with van der Waals surface area (Å²) in [6, 6.07) is 19.8. The van der Waals surface area contributed by atoms with Crippen molar-refractivity contribution in [3.63, 3.8) is 0 Å². The highest BCUT2D eigenvalue weighted by atomic mass is 16.5. The van der Waals surface area contributed by atoms with Crippen molar-refractivity contribution in [3.8, 4) is 5.75 Å². The van der Waals surface area contributed by atoms with Crippen LogP contribution in [-0.2, 0) is 26.0 Å². The minimum atomic E-state index is -0.974. The van der Waals surface area contributed by atoms with Crippen LogP contribution < -0.4 is 10.3 Å². The molecule has 2 aromatic carbocycles. The number of ether oxygens (including phenoxy) is 1. The lowest BCUT2D eigenvalue weighted by atomic mass is 10.1. The Morgan fingerprint density at radius 1 is 1.00 bits per heavy atom. The summed E-state index contributed by atoms with van der Waals surface area (Å²) < 4.78 is 7.59. The molecule has 33 heavy (non-hydrogen) atoms. The highest BCUT2D eigenvalue weighted by molar-refractivity contribution is 5.89. The third kappa shape index (κ3) is 4.80. The molecule has 168 valence electrons. The monoisotopic (exact) mass is 442 g/mol. The smallest absolute Gasteiger partial charge is 0.336 e. The number of nitrogens with zero attached hydrogens (tertiary/aromatic N) is 2. The average molecular weight is 443 g/mol. The first-order valence-electron chi connectivity index (χ1n) is 11.1. The molecule has 0 aliphatic heterocycles. The van der Waals surface area contributed by atoms with Crippen LogP contribution in [0.25, 0.3) is 10.9 Å². The zero-order valence-electron chi connectivity index (χ0n) is 18.7. The first-order valence-corrected chi connectivity index (χ1v) is 11.1. The van der Waals surface area contributed by atoms with Gasteiger partial charge in [-0.2, -0.15) is 0 Å². The van der Waals surface area contributed by atoms with Gasteiger partial charge in [-0.25, -0.2) is 4.79 Å². The molecule has 0 aliphatic rings. The van der Waals surface area contributed by atoms with Crippen molar-refractivity contribution >= 4 is 16.9 Å². The highest BCUT2D eigenvalue weighted by Gasteiger charge is 2.11. The Morgan fingerprint density at radius 2 is 1.76 bits per heavy atom. The van der Waals surface area contributed by atoms with Crippen LogP contribution in [0, 0.1) is 0 Å². The largest absolute Gasteiger partial charge is 0.489 e. The van der Waals surface area contributed by atoms with Gasteiger partial charge in [-0.05, 0) is 48.7 Å². The van der Waals surface area contributed by atoms with E-state index < -0.39 is 5.97 Å². The van der Waals surface area contributed by atoms with Gasteiger partial charge in [0.2, 0.25) is 0 Å². The number of benzene rings is 2. The van der Waals surface area contributed by atoms with Gasteiger partial charge in [-0.15, -0.1) is 0 Å². The van der Waals surface area contributed by atoms with Crippen molar-refractivity contribution in [3.05, 3.63) is 105 Å². The van der Waals surface area contributed by atoms with E-state index in [9.17, 15) is 14.7 Å². The van der Waals surface area contributed by atoms with Crippen LogP contribution in [0.1, 0.15) is 46.7 Å². The molecule has 0 spiro atoms. The van der Waals surface area contributed by atoms with E-state index in [1.54, 1.807) is 34.9 Å². The van der Waals surface area contributed by atoms with Crippen molar-refractivity contribution in [2.24, 2.45) is 0 Å². The Labute approximate surface area is 192 Å². The first-order chi connectivity index (χ1) is 16.0. The van der Waals surface area contributed by atoms with Gasteiger partial charge in [0.1, 0.15) is 12.4 Å². The molecule has 2 aromatic heterocycles. The number of carboxylic acid groups (broad SMARTS) is 1. The summed E-state index contributed by atoms with van der Waals surface area (Å²) in [6.45, 7) is 4.74. The fraction of sp³-hybridized carbons (Fsp3) is 0.222. The van der Waals surface area contributed by atoms with Crippen LogP contribution in [0.4, 0.5) is 0 Å². The molecule has 0 atom stereocenters. The van der Waals surface area contributed by atoms with E-state index in [0.717, 1.165) is 40.7 Å². The zero-order valence-corrected chi connectivity index (χ0v) is 18.7. The van der Waals surface area contributed by atoms with Crippen LogP contribution in [0.15, 0.2) is 71.5 Å². The fourth-order valence-corrected chi connectivity index (χ4v) is 3.92. The summed E-state index contributed by atoms with van der Waals surface area (Å²) >= 11 is 0. The molecule has 0 unspecified atom stereocenters. The molecule has 4 rings (SSSR count). The predicted molar refractivity (Wildman–Crippen MR) is 128 cm³/mol. The molecule has 2 heterocycles. The fourth-order valence-electron chi connectivity index (χ4n) is 3.92. The van der Waals surface area contributed by atoms with Crippen molar-refractivity contribution < 1.29 is 14.6 Å². The lowest BCUT2D eigenvalue weighted by Crippen LogP contribution is -2.20. The quantitative estimate of drug-likeness (QED) is 0.422. The summed E-state index contributed by atoms with van der Waals surface area (Å²) in [7, 11) is 0.